The van der Waals surface area contributed by atoms with Gasteiger partial charge in [-0.25, -0.2) is 4.98 Å². The van der Waals surface area contributed by atoms with Crippen molar-refractivity contribution in [3.8, 4) is 0 Å². The molecule has 6 heteroatoms. The zero-order chi connectivity index (χ0) is 16.5. The molecule has 0 saturated carbocycles. The third kappa shape index (κ3) is 3.04. The van der Waals surface area contributed by atoms with Crippen molar-refractivity contribution in [3.63, 3.8) is 0 Å². The molecule has 0 unspecified atom stereocenters. The topological polar surface area (TPSA) is 47.3 Å². The second kappa shape index (κ2) is 6.75. The molecule has 1 aliphatic heterocycles. The van der Waals surface area contributed by atoms with Crippen LogP contribution in [0.25, 0.3) is 10.2 Å². The lowest BCUT2D eigenvalue weighted by molar-refractivity contribution is 0.0169. The van der Waals surface area contributed by atoms with E-state index in [1.54, 1.807) is 17.6 Å². The summed E-state index contributed by atoms with van der Waals surface area (Å²) in [4.78, 5) is 5.83. The standard InChI is InChI=1S/C18H19ClN2O2S/c1-11-16-18(24-17(11)14-6-2-3-7-23-14)13(9-15(19)21-16)20-10-12-5-4-8-22-12/h4-5,8-9,14H,2-3,6-7,10H2,1H3,(H,20,21)/t14-/m1/s1. The summed E-state index contributed by atoms with van der Waals surface area (Å²) in [6.45, 7) is 3.58. The molecule has 0 amide bonds. The van der Waals surface area contributed by atoms with Gasteiger partial charge in [-0.15, -0.1) is 11.3 Å². The highest BCUT2D eigenvalue weighted by atomic mass is 35.5. The molecule has 3 aromatic heterocycles. The van der Waals surface area contributed by atoms with Gasteiger partial charge in [0, 0.05) is 17.6 Å². The van der Waals surface area contributed by atoms with Gasteiger partial charge in [0.2, 0.25) is 0 Å². The SMILES string of the molecule is Cc1c([C@H]2CCCCO2)sc2c(NCc3ccco3)cc(Cl)nc12. The number of ether oxygens (including phenoxy) is 1. The van der Waals surface area contributed by atoms with Crippen LogP contribution < -0.4 is 5.32 Å². The van der Waals surface area contributed by atoms with Crippen LogP contribution in [0.1, 0.15) is 41.6 Å². The molecule has 1 saturated heterocycles. The lowest BCUT2D eigenvalue weighted by Crippen LogP contribution is -2.10. The second-order valence-electron chi connectivity index (χ2n) is 6.05. The number of aromatic nitrogens is 1. The van der Waals surface area contributed by atoms with Gasteiger partial charge in [-0.05, 0) is 43.9 Å². The lowest BCUT2D eigenvalue weighted by Gasteiger charge is -2.22. The maximum absolute atomic E-state index is 6.25. The van der Waals surface area contributed by atoms with E-state index in [1.165, 1.54) is 16.9 Å². The molecule has 3 aromatic rings. The van der Waals surface area contributed by atoms with E-state index in [1.807, 2.05) is 18.2 Å². The Balaban J connectivity index is 1.70. The van der Waals surface area contributed by atoms with Crippen LogP contribution in [0, 0.1) is 6.92 Å². The Hall–Kier alpha value is -1.56. The summed E-state index contributed by atoms with van der Waals surface area (Å²) < 4.78 is 12.5. The molecule has 1 atom stereocenters. The number of pyridine rings is 1. The number of anilines is 1. The first-order chi connectivity index (χ1) is 11.7. The average Bonchev–Trinajstić information content (AvgIpc) is 3.22. The largest absolute Gasteiger partial charge is 0.467 e. The van der Waals surface area contributed by atoms with E-state index in [0.29, 0.717) is 11.7 Å². The van der Waals surface area contributed by atoms with E-state index in [-0.39, 0.29) is 6.10 Å². The molecule has 1 N–H and O–H groups in total. The maximum atomic E-state index is 6.25. The molecule has 1 fully saturated rings. The number of hydrogen-bond acceptors (Lipinski definition) is 5. The quantitative estimate of drug-likeness (QED) is 0.604. The van der Waals surface area contributed by atoms with Crippen LogP contribution in [0.15, 0.2) is 28.9 Å². The molecule has 0 aromatic carbocycles. The molecule has 0 aliphatic carbocycles. The van der Waals surface area contributed by atoms with E-state index >= 15 is 0 Å². The van der Waals surface area contributed by atoms with Gasteiger partial charge in [-0.2, -0.15) is 0 Å². The van der Waals surface area contributed by atoms with Crippen molar-refractivity contribution in [1.29, 1.82) is 0 Å². The fourth-order valence-corrected chi connectivity index (χ4v) is 4.66. The highest BCUT2D eigenvalue weighted by Crippen LogP contribution is 2.42. The average molecular weight is 363 g/mol. The van der Waals surface area contributed by atoms with Crippen LogP contribution in [-0.4, -0.2) is 11.6 Å². The minimum atomic E-state index is 0.189. The van der Waals surface area contributed by atoms with Crippen molar-refractivity contribution in [3.05, 3.63) is 45.8 Å². The van der Waals surface area contributed by atoms with Crippen molar-refractivity contribution < 1.29 is 9.15 Å². The van der Waals surface area contributed by atoms with Gasteiger partial charge in [0.25, 0.3) is 0 Å². The van der Waals surface area contributed by atoms with Crippen molar-refractivity contribution in [2.24, 2.45) is 0 Å². The number of hydrogen-bond donors (Lipinski definition) is 1. The third-order valence-corrected chi connectivity index (χ3v) is 5.98. The summed E-state index contributed by atoms with van der Waals surface area (Å²) in [6, 6.07) is 5.72. The Morgan fingerprint density at radius 2 is 2.33 bits per heavy atom. The van der Waals surface area contributed by atoms with Crippen LogP contribution in [0.2, 0.25) is 5.15 Å². The van der Waals surface area contributed by atoms with E-state index < -0.39 is 0 Å². The fourth-order valence-electron chi connectivity index (χ4n) is 3.14. The molecular formula is C18H19ClN2O2S. The first-order valence-corrected chi connectivity index (χ1v) is 9.39. The number of furan rings is 1. The molecular weight excluding hydrogens is 344 g/mol. The molecule has 126 valence electrons. The maximum Gasteiger partial charge on any atom is 0.131 e. The molecule has 0 spiro atoms. The number of fused-ring (bicyclic) bond motifs is 1. The Morgan fingerprint density at radius 3 is 3.08 bits per heavy atom. The van der Waals surface area contributed by atoms with Crippen LogP contribution in [0.3, 0.4) is 0 Å². The van der Waals surface area contributed by atoms with Gasteiger partial charge < -0.3 is 14.5 Å². The van der Waals surface area contributed by atoms with Gasteiger partial charge >= 0.3 is 0 Å². The number of thiophene rings is 1. The zero-order valence-corrected chi connectivity index (χ0v) is 15.0. The van der Waals surface area contributed by atoms with E-state index in [9.17, 15) is 0 Å². The normalized spacial score (nSPS) is 18.2. The monoisotopic (exact) mass is 362 g/mol. The Morgan fingerprint density at radius 1 is 1.42 bits per heavy atom. The second-order valence-corrected chi connectivity index (χ2v) is 7.49. The van der Waals surface area contributed by atoms with E-state index in [4.69, 9.17) is 20.8 Å². The highest BCUT2D eigenvalue weighted by molar-refractivity contribution is 7.20. The Kier molecular flexibility index (Phi) is 4.48. The molecule has 4 rings (SSSR count). The number of nitrogens with zero attached hydrogens (tertiary/aromatic N) is 1. The molecule has 1 aliphatic rings. The Bertz CT molecular complexity index is 838. The number of rotatable bonds is 4. The first kappa shape index (κ1) is 15.9. The molecule has 4 heterocycles. The summed E-state index contributed by atoms with van der Waals surface area (Å²) in [5.41, 5.74) is 3.15. The highest BCUT2D eigenvalue weighted by Gasteiger charge is 2.23. The zero-order valence-electron chi connectivity index (χ0n) is 13.5. The minimum absolute atomic E-state index is 0.189. The van der Waals surface area contributed by atoms with Crippen LogP contribution in [-0.2, 0) is 11.3 Å². The van der Waals surface area contributed by atoms with Crippen LogP contribution in [0.4, 0.5) is 5.69 Å². The van der Waals surface area contributed by atoms with E-state index in [0.717, 1.165) is 41.1 Å². The predicted molar refractivity (Wildman–Crippen MR) is 97.9 cm³/mol. The fraction of sp³-hybridized carbons (Fsp3) is 0.389. The van der Waals surface area contributed by atoms with Crippen LogP contribution in [0.5, 0.6) is 0 Å². The molecule has 0 bridgehead atoms. The van der Waals surface area contributed by atoms with Gasteiger partial charge in [0.15, 0.2) is 0 Å². The van der Waals surface area contributed by atoms with Gasteiger partial charge in [-0.1, -0.05) is 11.6 Å². The summed E-state index contributed by atoms with van der Waals surface area (Å²) in [7, 11) is 0. The summed E-state index contributed by atoms with van der Waals surface area (Å²) in [6.07, 6.45) is 5.32. The summed E-state index contributed by atoms with van der Waals surface area (Å²) in [5, 5.41) is 3.93. The first-order valence-electron chi connectivity index (χ1n) is 8.20. The Labute approximate surface area is 149 Å². The lowest BCUT2D eigenvalue weighted by atomic mass is 10.1. The van der Waals surface area contributed by atoms with Gasteiger partial charge in [-0.3, -0.25) is 0 Å². The smallest absolute Gasteiger partial charge is 0.131 e. The predicted octanol–water partition coefficient (Wildman–Crippen LogP) is 5.70. The number of halogens is 1. The number of aryl methyl sites for hydroxylation is 1. The molecule has 4 nitrogen and oxygen atoms in total. The summed E-state index contributed by atoms with van der Waals surface area (Å²) >= 11 is 8.01. The summed E-state index contributed by atoms with van der Waals surface area (Å²) in [5.74, 6) is 0.889. The minimum Gasteiger partial charge on any atom is -0.467 e. The van der Waals surface area contributed by atoms with Crippen molar-refractivity contribution in [2.75, 3.05) is 11.9 Å². The molecule has 24 heavy (non-hydrogen) atoms. The third-order valence-electron chi connectivity index (χ3n) is 4.38. The van der Waals surface area contributed by atoms with Crippen LogP contribution >= 0.6 is 22.9 Å². The van der Waals surface area contributed by atoms with Crippen molar-refractivity contribution in [2.45, 2.75) is 38.8 Å². The number of nitrogens with one attached hydrogen (secondary N) is 1. The van der Waals surface area contributed by atoms with Gasteiger partial charge in [0.05, 0.1) is 34.8 Å². The van der Waals surface area contributed by atoms with Crippen molar-refractivity contribution in [1.82, 2.24) is 4.98 Å². The van der Waals surface area contributed by atoms with E-state index in [2.05, 4.69) is 17.2 Å². The molecule has 0 radical (unpaired) electrons. The van der Waals surface area contributed by atoms with Gasteiger partial charge in [0.1, 0.15) is 10.9 Å². The van der Waals surface area contributed by atoms with Crippen molar-refractivity contribution >= 4 is 38.8 Å².